The predicted molar refractivity (Wildman–Crippen MR) is 88.3 cm³/mol. The Morgan fingerprint density at radius 3 is 2.25 bits per heavy atom. The zero-order valence-electron chi connectivity index (χ0n) is 13.3. The quantitative estimate of drug-likeness (QED) is 0.906. The SMILES string of the molecule is CCC(N)C(c1sccc1C)N1CCN(C(C)C)CC1. The minimum atomic E-state index is 0.234. The molecule has 2 rings (SSSR count). The Hall–Kier alpha value is -0.420. The van der Waals surface area contributed by atoms with Gasteiger partial charge in [-0.2, -0.15) is 0 Å². The maximum atomic E-state index is 6.45. The van der Waals surface area contributed by atoms with Crippen LogP contribution in [0.1, 0.15) is 43.7 Å². The van der Waals surface area contributed by atoms with Crippen LogP contribution in [0.5, 0.6) is 0 Å². The van der Waals surface area contributed by atoms with Gasteiger partial charge in [-0.15, -0.1) is 11.3 Å². The summed E-state index contributed by atoms with van der Waals surface area (Å²) >= 11 is 1.87. The first-order chi connectivity index (χ1) is 9.54. The Kier molecular flexibility index (Phi) is 5.61. The Bertz CT molecular complexity index is 408. The van der Waals surface area contributed by atoms with Gasteiger partial charge in [-0.1, -0.05) is 6.92 Å². The zero-order valence-corrected chi connectivity index (χ0v) is 14.1. The number of thiophene rings is 1. The maximum Gasteiger partial charge on any atom is 0.0596 e. The third-order valence-corrected chi connectivity index (χ3v) is 5.61. The van der Waals surface area contributed by atoms with Crippen molar-refractivity contribution in [3.63, 3.8) is 0 Å². The minimum Gasteiger partial charge on any atom is -0.326 e. The molecule has 1 aliphatic rings. The van der Waals surface area contributed by atoms with Crippen LogP contribution in [0, 0.1) is 6.92 Å². The van der Waals surface area contributed by atoms with Gasteiger partial charge < -0.3 is 5.73 Å². The topological polar surface area (TPSA) is 32.5 Å². The van der Waals surface area contributed by atoms with Crippen molar-refractivity contribution < 1.29 is 0 Å². The number of rotatable bonds is 5. The molecule has 1 aromatic heterocycles. The predicted octanol–water partition coefficient (Wildman–Crippen LogP) is 2.86. The molecule has 1 aromatic rings. The van der Waals surface area contributed by atoms with Crippen molar-refractivity contribution in [3.05, 3.63) is 21.9 Å². The Morgan fingerprint density at radius 1 is 1.20 bits per heavy atom. The largest absolute Gasteiger partial charge is 0.326 e. The lowest BCUT2D eigenvalue weighted by molar-refractivity contribution is 0.0689. The van der Waals surface area contributed by atoms with E-state index in [0.717, 1.165) is 32.6 Å². The van der Waals surface area contributed by atoms with Crippen LogP contribution in [0.15, 0.2) is 11.4 Å². The lowest BCUT2D eigenvalue weighted by atomic mass is 9.99. The highest BCUT2D eigenvalue weighted by Crippen LogP contribution is 2.32. The fourth-order valence-corrected chi connectivity index (χ4v) is 4.21. The number of nitrogens with two attached hydrogens (primary N) is 1. The van der Waals surface area contributed by atoms with Crippen molar-refractivity contribution in [2.75, 3.05) is 26.2 Å². The molecule has 0 radical (unpaired) electrons. The molecule has 0 aliphatic carbocycles. The summed E-state index contributed by atoms with van der Waals surface area (Å²) in [4.78, 5) is 6.63. The second-order valence-electron chi connectivity index (χ2n) is 6.15. The molecule has 2 atom stereocenters. The fraction of sp³-hybridized carbons (Fsp3) is 0.750. The number of piperazine rings is 1. The highest BCUT2D eigenvalue weighted by molar-refractivity contribution is 7.10. The van der Waals surface area contributed by atoms with Gasteiger partial charge in [-0.3, -0.25) is 9.80 Å². The van der Waals surface area contributed by atoms with Crippen molar-refractivity contribution in [1.29, 1.82) is 0 Å². The molecule has 0 amide bonds. The van der Waals surface area contributed by atoms with E-state index in [1.165, 1.54) is 10.4 Å². The molecule has 20 heavy (non-hydrogen) atoms. The Balaban J connectivity index is 2.11. The van der Waals surface area contributed by atoms with Gasteiger partial charge >= 0.3 is 0 Å². The van der Waals surface area contributed by atoms with Crippen molar-refractivity contribution in [3.8, 4) is 0 Å². The van der Waals surface area contributed by atoms with E-state index in [1.807, 2.05) is 11.3 Å². The molecular weight excluding hydrogens is 266 g/mol. The maximum absolute atomic E-state index is 6.45. The van der Waals surface area contributed by atoms with E-state index in [0.29, 0.717) is 12.1 Å². The third-order valence-electron chi connectivity index (χ3n) is 4.52. The lowest BCUT2D eigenvalue weighted by Gasteiger charge is -2.42. The molecule has 114 valence electrons. The smallest absolute Gasteiger partial charge is 0.0596 e. The van der Waals surface area contributed by atoms with Crippen LogP contribution < -0.4 is 5.73 Å². The summed E-state index contributed by atoms with van der Waals surface area (Å²) in [7, 11) is 0. The molecule has 2 N–H and O–H groups in total. The van der Waals surface area contributed by atoms with Gasteiger partial charge in [-0.05, 0) is 44.2 Å². The first kappa shape index (κ1) is 16.0. The van der Waals surface area contributed by atoms with Crippen molar-refractivity contribution in [2.24, 2.45) is 5.73 Å². The third kappa shape index (κ3) is 3.42. The molecule has 3 nitrogen and oxygen atoms in total. The Morgan fingerprint density at radius 2 is 1.80 bits per heavy atom. The van der Waals surface area contributed by atoms with E-state index >= 15 is 0 Å². The molecule has 1 saturated heterocycles. The minimum absolute atomic E-state index is 0.234. The average Bonchev–Trinajstić information content (AvgIpc) is 2.85. The number of hydrogen-bond donors (Lipinski definition) is 1. The summed E-state index contributed by atoms with van der Waals surface area (Å²) in [5, 5.41) is 2.20. The van der Waals surface area contributed by atoms with Crippen LogP contribution >= 0.6 is 11.3 Å². The second-order valence-corrected chi connectivity index (χ2v) is 7.10. The number of hydrogen-bond acceptors (Lipinski definition) is 4. The highest BCUT2D eigenvalue weighted by atomic mass is 32.1. The van der Waals surface area contributed by atoms with E-state index in [2.05, 4.69) is 48.9 Å². The first-order valence-corrected chi connectivity index (χ1v) is 8.70. The Labute approximate surface area is 127 Å². The van der Waals surface area contributed by atoms with Crippen molar-refractivity contribution in [2.45, 2.75) is 52.2 Å². The molecule has 0 saturated carbocycles. The average molecular weight is 295 g/mol. The first-order valence-electron chi connectivity index (χ1n) is 7.82. The van der Waals surface area contributed by atoms with E-state index in [1.54, 1.807) is 0 Å². The summed E-state index contributed by atoms with van der Waals surface area (Å²) in [6.45, 7) is 13.6. The molecule has 0 aromatic carbocycles. The summed E-state index contributed by atoms with van der Waals surface area (Å²) in [6, 6.07) is 3.51. The van der Waals surface area contributed by atoms with Gasteiger partial charge in [0.1, 0.15) is 0 Å². The van der Waals surface area contributed by atoms with Crippen LogP contribution in [0.4, 0.5) is 0 Å². The molecule has 0 spiro atoms. The van der Waals surface area contributed by atoms with E-state index in [9.17, 15) is 0 Å². The van der Waals surface area contributed by atoms with Gasteiger partial charge in [-0.25, -0.2) is 0 Å². The van der Waals surface area contributed by atoms with Crippen LogP contribution in [0.2, 0.25) is 0 Å². The highest BCUT2D eigenvalue weighted by Gasteiger charge is 2.30. The van der Waals surface area contributed by atoms with E-state index in [4.69, 9.17) is 5.73 Å². The summed E-state index contributed by atoms with van der Waals surface area (Å²) in [6.07, 6.45) is 1.03. The van der Waals surface area contributed by atoms with Gasteiger partial charge in [0.25, 0.3) is 0 Å². The van der Waals surface area contributed by atoms with Crippen molar-refractivity contribution in [1.82, 2.24) is 9.80 Å². The van der Waals surface area contributed by atoms with E-state index in [-0.39, 0.29) is 6.04 Å². The molecule has 2 heterocycles. The molecule has 4 heteroatoms. The van der Waals surface area contributed by atoms with Gasteiger partial charge in [0, 0.05) is 43.1 Å². The van der Waals surface area contributed by atoms with E-state index < -0.39 is 0 Å². The normalized spacial score (nSPS) is 21.3. The standard InChI is InChI=1S/C16H29N3S/c1-5-14(17)15(16-13(4)6-11-20-16)19-9-7-18(8-10-19)12(2)3/h6,11-12,14-15H,5,7-10,17H2,1-4H3. The van der Waals surface area contributed by atoms with Gasteiger partial charge in [0.2, 0.25) is 0 Å². The zero-order chi connectivity index (χ0) is 14.7. The summed E-state index contributed by atoms with van der Waals surface area (Å²) in [5.74, 6) is 0. The van der Waals surface area contributed by atoms with Crippen LogP contribution in [-0.4, -0.2) is 48.1 Å². The molecular formula is C16H29N3S. The number of aryl methyl sites for hydroxylation is 1. The fourth-order valence-electron chi connectivity index (χ4n) is 3.07. The molecule has 1 aliphatic heterocycles. The molecule has 0 bridgehead atoms. The lowest BCUT2D eigenvalue weighted by Crippen LogP contribution is -2.52. The van der Waals surface area contributed by atoms with Crippen molar-refractivity contribution >= 4 is 11.3 Å². The number of nitrogens with zero attached hydrogens (tertiary/aromatic N) is 2. The van der Waals surface area contributed by atoms with Crippen LogP contribution in [0.3, 0.4) is 0 Å². The van der Waals surface area contributed by atoms with Crippen LogP contribution in [0.25, 0.3) is 0 Å². The monoisotopic (exact) mass is 295 g/mol. The van der Waals surface area contributed by atoms with Crippen LogP contribution in [-0.2, 0) is 0 Å². The summed E-state index contributed by atoms with van der Waals surface area (Å²) < 4.78 is 0. The molecule has 2 unspecified atom stereocenters. The van der Waals surface area contributed by atoms with Gasteiger partial charge in [0.15, 0.2) is 0 Å². The summed E-state index contributed by atoms with van der Waals surface area (Å²) in [5.41, 5.74) is 7.85. The second kappa shape index (κ2) is 7.03. The molecule has 1 fully saturated rings. The van der Waals surface area contributed by atoms with Gasteiger partial charge in [0.05, 0.1) is 6.04 Å².